The fourth-order valence-electron chi connectivity index (χ4n) is 1.12. The molecule has 0 rings (SSSR count). The molecule has 3 heteroatoms. The third-order valence-electron chi connectivity index (χ3n) is 1.99. The van der Waals surface area contributed by atoms with Gasteiger partial charge in [0.2, 0.25) is 0 Å². The van der Waals surface area contributed by atoms with E-state index in [1.165, 1.54) is 12.8 Å². The molecule has 0 spiro atoms. The first-order valence-electron chi connectivity index (χ1n) is 5.34. The topological polar surface area (TPSA) is 26.3 Å². The normalized spacial score (nSPS) is 12.9. The standard InChI is InChI=1S/C11H21ClO2/c1-9(2)7-5-4-6-8-14-11(13)10(3)12/h9-10H,4-8H2,1-3H3. The molecule has 14 heavy (non-hydrogen) atoms. The van der Waals surface area contributed by atoms with Crippen molar-refractivity contribution in [2.45, 2.75) is 51.8 Å². The number of esters is 1. The predicted octanol–water partition coefficient (Wildman–Crippen LogP) is 3.37. The molecule has 0 aromatic heterocycles. The summed E-state index contributed by atoms with van der Waals surface area (Å²) in [5.41, 5.74) is 0. The first-order chi connectivity index (χ1) is 6.54. The average Bonchev–Trinajstić information content (AvgIpc) is 2.09. The first kappa shape index (κ1) is 13.8. The van der Waals surface area contributed by atoms with Gasteiger partial charge in [-0.05, 0) is 19.3 Å². The molecule has 0 aliphatic rings. The predicted molar refractivity (Wildman–Crippen MR) is 59.6 cm³/mol. The van der Waals surface area contributed by atoms with Gasteiger partial charge in [0.25, 0.3) is 0 Å². The van der Waals surface area contributed by atoms with Crippen LogP contribution in [-0.4, -0.2) is 18.0 Å². The third kappa shape index (κ3) is 8.36. The van der Waals surface area contributed by atoms with E-state index >= 15 is 0 Å². The van der Waals surface area contributed by atoms with Gasteiger partial charge in [-0.25, -0.2) is 0 Å². The van der Waals surface area contributed by atoms with E-state index in [0.29, 0.717) is 6.61 Å². The fraction of sp³-hybridized carbons (Fsp3) is 0.909. The minimum Gasteiger partial charge on any atom is -0.465 e. The van der Waals surface area contributed by atoms with Crippen molar-refractivity contribution in [2.24, 2.45) is 5.92 Å². The summed E-state index contributed by atoms with van der Waals surface area (Å²) in [4.78, 5) is 10.9. The largest absolute Gasteiger partial charge is 0.465 e. The molecule has 2 nitrogen and oxygen atoms in total. The van der Waals surface area contributed by atoms with Gasteiger partial charge in [-0.15, -0.1) is 11.6 Å². The van der Waals surface area contributed by atoms with Crippen molar-refractivity contribution in [1.82, 2.24) is 0 Å². The molecule has 0 fully saturated rings. The van der Waals surface area contributed by atoms with E-state index in [-0.39, 0.29) is 5.97 Å². The van der Waals surface area contributed by atoms with E-state index in [0.717, 1.165) is 18.8 Å². The van der Waals surface area contributed by atoms with Crippen LogP contribution in [0.5, 0.6) is 0 Å². The SMILES string of the molecule is CC(C)CCCCCOC(=O)C(C)Cl. The zero-order chi connectivity index (χ0) is 11.0. The van der Waals surface area contributed by atoms with Crippen molar-refractivity contribution in [3.05, 3.63) is 0 Å². The summed E-state index contributed by atoms with van der Waals surface area (Å²) in [5.74, 6) is 0.455. The lowest BCUT2D eigenvalue weighted by atomic mass is 10.1. The molecular formula is C11H21ClO2. The average molecular weight is 221 g/mol. The Hall–Kier alpha value is -0.240. The van der Waals surface area contributed by atoms with Crippen molar-refractivity contribution >= 4 is 17.6 Å². The Morgan fingerprint density at radius 3 is 2.36 bits per heavy atom. The summed E-state index contributed by atoms with van der Waals surface area (Å²) in [6.45, 7) is 6.57. The number of hydrogen-bond acceptors (Lipinski definition) is 2. The molecule has 0 amide bonds. The molecule has 1 unspecified atom stereocenters. The summed E-state index contributed by atoms with van der Waals surface area (Å²) in [6.07, 6.45) is 4.54. The molecule has 0 heterocycles. The van der Waals surface area contributed by atoms with Crippen LogP contribution in [0.15, 0.2) is 0 Å². The van der Waals surface area contributed by atoms with E-state index in [1.807, 2.05) is 0 Å². The number of rotatable bonds is 7. The van der Waals surface area contributed by atoms with Gasteiger partial charge in [0.1, 0.15) is 5.38 Å². The highest BCUT2D eigenvalue weighted by Gasteiger charge is 2.09. The minimum atomic E-state index is -0.523. The zero-order valence-electron chi connectivity index (χ0n) is 9.38. The Morgan fingerprint density at radius 2 is 1.86 bits per heavy atom. The van der Waals surface area contributed by atoms with Crippen LogP contribution in [0.25, 0.3) is 0 Å². The second-order valence-electron chi connectivity index (χ2n) is 4.03. The summed E-state index contributed by atoms with van der Waals surface area (Å²) in [7, 11) is 0. The number of alkyl halides is 1. The van der Waals surface area contributed by atoms with Crippen molar-refractivity contribution in [1.29, 1.82) is 0 Å². The van der Waals surface area contributed by atoms with Gasteiger partial charge in [0, 0.05) is 0 Å². The van der Waals surface area contributed by atoms with Crippen LogP contribution in [0.2, 0.25) is 0 Å². The summed E-state index contributed by atoms with van der Waals surface area (Å²) in [6, 6.07) is 0. The molecule has 1 atom stereocenters. The van der Waals surface area contributed by atoms with Gasteiger partial charge in [-0.2, -0.15) is 0 Å². The number of hydrogen-bond donors (Lipinski definition) is 0. The van der Waals surface area contributed by atoms with E-state index in [4.69, 9.17) is 16.3 Å². The molecule has 84 valence electrons. The molecule has 0 bridgehead atoms. The Kier molecular flexibility index (Phi) is 7.96. The summed E-state index contributed by atoms with van der Waals surface area (Å²) >= 11 is 5.54. The highest BCUT2D eigenvalue weighted by atomic mass is 35.5. The third-order valence-corrected chi connectivity index (χ3v) is 2.17. The molecule has 0 radical (unpaired) electrons. The molecule has 0 aromatic carbocycles. The van der Waals surface area contributed by atoms with Gasteiger partial charge < -0.3 is 4.74 Å². The molecular weight excluding hydrogens is 200 g/mol. The smallest absolute Gasteiger partial charge is 0.323 e. The van der Waals surface area contributed by atoms with Gasteiger partial charge in [0.15, 0.2) is 0 Å². The minimum absolute atomic E-state index is 0.310. The molecule has 0 N–H and O–H groups in total. The molecule has 0 saturated carbocycles. The Labute approximate surface area is 92.0 Å². The van der Waals surface area contributed by atoms with Gasteiger partial charge in [-0.1, -0.05) is 33.1 Å². The number of halogens is 1. The van der Waals surface area contributed by atoms with Crippen LogP contribution in [0.4, 0.5) is 0 Å². The van der Waals surface area contributed by atoms with Crippen LogP contribution in [0, 0.1) is 5.92 Å². The second kappa shape index (κ2) is 8.10. The maximum absolute atomic E-state index is 10.9. The number of carbonyl (C=O) groups is 1. The summed E-state index contributed by atoms with van der Waals surface area (Å²) in [5, 5.41) is -0.523. The Bertz CT molecular complexity index is 155. The lowest BCUT2D eigenvalue weighted by Crippen LogP contribution is -2.14. The van der Waals surface area contributed by atoms with Crippen LogP contribution in [-0.2, 0) is 9.53 Å². The molecule has 0 aliphatic carbocycles. The van der Waals surface area contributed by atoms with E-state index < -0.39 is 5.38 Å². The maximum Gasteiger partial charge on any atom is 0.323 e. The monoisotopic (exact) mass is 220 g/mol. The molecule has 0 aromatic rings. The Balaban J connectivity index is 3.18. The van der Waals surface area contributed by atoms with E-state index in [1.54, 1.807) is 6.92 Å². The van der Waals surface area contributed by atoms with Crippen LogP contribution in [0.1, 0.15) is 46.5 Å². The molecule has 0 aliphatic heterocycles. The van der Waals surface area contributed by atoms with Crippen molar-refractivity contribution < 1.29 is 9.53 Å². The van der Waals surface area contributed by atoms with Crippen LogP contribution in [0.3, 0.4) is 0 Å². The summed E-state index contributed by atoms with van der Waals surface area (Å²) < 4.78 is 4.94. The number of carbonyl (C=O) groups excluding carboxylic acids is 1. The van der Waals surface area contributed by atoms with Crippen molar-refractivity contribution in [3.63, 3.8) is 0 Å². The maximum atomic E-state index is 10.9. The van der Waals surface area contributed by atoms with Gasteiger partial charge >= 0.3 is 5.97 Å². The van der Waals surface area contributed by atoms with Gasteiger partial charge in [-0.3, -0.25) is 4.79 Å². The molecule has 0 saturated heterocycles. The van der Waals surface area contributed by atoms with E-state index in [9.17, 15) is 4.79 Å². The van der Waals surface area contributed by atoms with Crippen LogP contribution < -0.4 is 0 Å². The van der Waals surface area contributed by atoms with Crippen molar-refractivity contribution in [3.8, 4) is 0 Å². The zero-order valence-corrected chi connectivity index (χ0v) is 10.1. The highest BCUT2D eigenvalue weighted by molar-refractivity contribution is 6.29. The first-order valence-corrected chi connectivity index (χ1v) is 5.78. The fourth-order valence-corrected chi connectivity index (χ4v) is 1.18. The highest BCUT2D eigenvalue weighted by Crippen LogP contribution is 2.08. The van der Waals surface area contributed by atoms with Crippen molar-refractivity contribution in [2.75, 3.05) is 6.61 Å². The lowest BCUT2D eigenvalue weighted by Gasteiger charge is -2.06. The quantitative estimate of drug-likeness (QED) is 0.374. The van der Waals surface area contributed by atoms with Crippen LogP contribution >= 0.6 is 11.6 Å². The lowest BCUT2D eigenvalue weighted by molar-refractivity contribution is -0.142. The number of ether oxygens (including phenoxy) is 1. The van der Waals surface area contributed by atoms with Gasteiger partial charge in [0.05, 0.1) is 6.61 Å². The second-order valence-corrected chi connectivity index (χ2v) is 4.68. The number of unbranched alkanes of at least 4 members (excludes halogenated alkanes) is 2. The Morgan fingerprint density at radius 1 is 1.21 bits per heavy atom. The van der Waals surface area contributed by atoms with E-state index in [2.05, 4.69) is 13.8 Å².